The molecule has 0 aliphatic heterocycles. The molecule has 1 aromatic carbocycles. The van der Waals surface area contributed by atoms with Gasteiger partial charge < -0.3 is 15.4 Å². The maximum atomic E-state index is 13.3. The summed E-state index contributed by atoms with van der Waals surface area (Å²) < 4.78 is 18.6. The standard InChI is InChI=1S/C14H19FN2O3/c1-10(2)20-9-5-8-16-13(18)14(19)17-12-7-4-3-6-11(12)15/h3-4,6-7,10H,5,8-9H2,1-2H3,(H,16,18)(H,17,19). The molecule has 0 radical (unpaired) electrons. The molecule has 0 unspecified atom stereocenters. The summed E-state index contributed by atoms with van der Waals surface area (Å²) in [4.78, 5) is 23.0. The summed E-state index contributed by atoms with van der Waals surface area (Å²) in [6, 6.07) is 5.66. The maximum absolute atomic E-state index is 13.3. The van der Waals surface area contributed by atoms with Crippen molar-refractivity contribution in [2.75, 3.05) is 18.5 Å². The van der Waals surface area contributed by atoms with E-state index in [2.05, 4.69) is 10.6 Å². The molecule has 0 atom stereocenters. The van der Waals surface area contributed by atoms with Gasteiger partial charge in [-0.3, -0.25) is 9.59 Å². The molecule has 0 aliphatic carbocycles. The highest BCUT2D eigenvalue weighted by Crippen LogP contribution is 2.11. The lowest BCUT2D eigenvalue weighted by molar-refractivity contribution is -0.136. The number of carbonyl (C=O) groups excluding carboxylic acids is 2. The second-order valence-corrected chi connectivity index (χ2v) is 4.46. The highest BCUT2D eigenvalue weighted by atomic mass is 19.1. The van der Waals surface area contributed by atoms with Crippen molar-refractivity contribution in [2.45, 2.75) is 26.4 Å². The van der Waals surface area contributed by atoms with Crippen LogP contribution in [0.25, 0.3) is 0 Å². The van der Waals surface area contributed by atoms with Gasteiger partial charge in [0.05, 0.1) is 11.8 Å². The fourth-order valence-corrected chi connectivity index (χ4v) is 1.42. The van der Waals surface area contributed by atoms with Gasteiger partial charge in [0, 0.05) is 13.2 Å². The molecule has 2 amide bonds. The molecule has 0 heterocycles. The summed E-state index contributed by atoms with van der Waals surface area (Å²) in [5.41, 5.74) is -0.0178. The third-order valence-electron chi connectivity index (χ3n) is 2.39. The zero-order valence-electron chi connectivity index (χ0n) is 11.6. The van der Waals surface area contributed by atoms with Gasteiger partial charge in [0.2, 0.25) is 0 Å². The van der Waals surface area contributed by atoms with Crippen LogP contribution >= 0.6 is 0 Å². The van der Waals surface area contributed by atoms with Gasteiger partial charge in [0.25, 0.3) is 0 Å². The van der Waals surface area contributed by atoms with E-state index in [9.17, 15) is 14.0 Å². The van der Waals surface area contributed by atoms with Gasteiger partial charge >= 0.3 is 11.8 Å². The summed E-state index contributed by atoms with van der Waals surface area (Å²) >= 11 is 0. The number of para-hydroxylation sites is 1. The molecular weight excluding hydrogens is 263 g/mol. The lowest BCUT2D eigenvalue weighted by atomic mass is 10.3. The Morgan fingerprint density at radius 1 is 1.25 bits per heavy atom. The molecular formula is C14H19FN2O3. The van der Waals surface area contributed by atoms with Crippen LogP contribution in [0.2, 0.25) is 0 Å². The van der Waals surface area contributed by atoms with E-state index in [0.717, 1.165) is 0 Å². The Morgan fingerprint density at radius 3 is 2.60 bits per heavy atom. The zero-order chi connectivity index (χ0) is 15.0. The summed E-state index contributed by atoms with van der Waals surface area (Å²) in [7, 11) is 0. The molecule has 20 heavy (non-hydrogen) atoms. The van der Waals surface area contributed by atoms with Crippen molar-refractivity contribution in [3.8, 4) is 0 Å². The Bertz CT molecular complexity index is 463. The van der Waals surface area contributed by atoms with Gasteiger partial charge in [-0.2, -0.15) is 0 Å². The molecule has 1 rings (SSSR count). The molecule has 0 spiro atoms. The number of rotatable bonds is 6. The SMILES string of the molecule is CC(C)OCCCNC(=O)C(=O)Nc1ccccc1F. The first-order valence-electron chi connectivity index (χ1n) is 6.46. The number of hydrogen-bond donors (Lipinski definition) is 2. The van der Waals surface area contributed by atoms with Gasteiger partial charge in [0.15, 0.2) is 0 Å². The van der Waals surface area contributed by atoms with Crippen LogP contribution in [-0.2, 0) is 14.3 Å². The number of halogens is 1. The van der Waals surface area contributed by atoms with Crippen molar-refractivity contribution >= 4 is 17.5 Å². The molecule has 2 N–H and O–H groups in total. The summed E-state index contributed by atoms with van der Waals surface area (Å²) in [6.45, 7) is 4.67. The van der Waals surface area contributed by atoms with Gasteiger partial charge in [-0.1, -0.05) is 12.1 Å². The van der Waals surface area contributed by atoms with Crippen molar-refractivity contribution < 1.29 is 18.7 Å². The third-order valence-corrected chi connectivity index (χ3v) is 2.39. The van der Waals surface area contributed by atoms with Crippen molar-refractivity contribution in [1.29, 1.82) is 0 Å². The molecule has 0 aliphatic rings. The Kier molecular flexibility index (Phi) is 6.66. The number of ether oxygens (including phenoxy) is 1. The van der Waals surface area contributed by atoms with E-state index in [-0.39, 0.29) is 11.8 Å². The first kappa shape index (κ1) is 16.1. The number of anilines is 1. The van der Waals surface area contributed by atoms with Gasteiger partial charge in [-0.15, -0.1) is 0 Å². The first-order chi connectivity index (χ1) is 9.50. The Morgan fingerprint density at radius 2 is 1.95 bits per heavy atom. The molecule has 0 bridgehead atoms. The van der Waals surface area contributed by atoms with E-state index < -0.39 is 17.6 Å². The molecule has 1 aromatic rings. The number of hydrogen-bond acceptors (Lipinski definition) is 3. The van der Waals surface area contributed by atoms with Crippen LogP contribution in [0.5, 0.6) is 0 Å². The molecule has 0 saturated heterocycles. The maximum Gasteiger partial charge on any atom is 0.313 e. The van der Waals surface area contributed by atoms with Crippen molar-refractivity contribution in [3.63, 3.8) is 0 Å². The first-order valence-corrected chi connectivity index (χ1v) is 6.46. The fraction of sp³-hybridized carbons (Fsp3) is 0.429. The average Bonchev–Trinajstić information content (AvgIpc) is 2.40. The minimum absolute atomic E-state index is 0.0178. The van der Waals surface area contributed by atoms with Crippen molar-refractivity contribution in [2.24, 2.45) is 0 Å². The second kappa shape index (κ2) is 8.27. The van der Waals surface area contributed by atoms with Crippen LogP contribution in [0, 0.1) is 5.82 Å². The molecule has 0 aromatic heterocycles. The van der Waals surface area contributed by atoms with Crippen molar-refractivity contribution in [3.05, 3.63) is 30.1 Å². The molecule has 6 heteroatoms. The molecule has 110 valence electrons. The highest BCUT2D eigenvalue weighted by molar-refractivity contribution is 6.39. The smallest absolute Gasteiger partial charge is 0.313 e. The average molecular weight is 282 g/mol. The van der Waals surface area contributed by atoms with Crippen LogP contribution in [-0.4, -0.2) is 31.1 Å². The highest BCUT2D eigenvalue weighted by Gasteiger charge is 2.14. The van der Waals surface area contributed by atoms with E-state index in [1.54, 1.807) is 6.07 Å². The predicted octanol–water partition coefficient (Wildman–Crippen LogP) is 1.70. The van der Waals surface area contributed by atoms with E-state index in [0.29, 0.717) is 19.6 Å². The van der Waals surface area contributed by atoms with Gasteiger partial charge in [-0.25, -0.2) is 4.39 Å². The normalized spacial score (nSPS) is 10.4. The van der Waals surface area contributed by atoms with Gasteiger partial charge in [-0.05, 0) is 32.4 Å². The van der Waals surface area contributed by atoms with Crippen LogP contribution in [0.1, 0.15) is 20.3 Å². The van der Waals surface area contributed by atoms with Gasteiger partial charge in [0.1, 0.15) is 5.82 Å². The lowest BCUT2D eigenvalue weighted by Crippen LogP contribution is -2.36. The minimum Gasteiger partial charge on any atom is -0.379 e. The Labute approximate surface area is 117 Å². The monoisotopic (exact) mass is 282 g/mol. The fourth-order valence-electron chi connectivity index (χ4n) is 1.42. The molecule has 0 saturated carbocycles. The quantitative estimate of drug-likeness (QED) is 0.616. The Hall–Kier alpha value is -1.95. The number of benzene rings is 1. The van der Waals surface area contributed by atoms with Crippen LogP contribution in [0.3, 0.4) is 0 Å². The lowest BCUT2D eigenvalue weighted by Gasteiger charge is -2.08. The predicted molar refractivity (Wildman–Crippen MR) is 73.7 cm³/mol. The molecule has 0 fully saturated rings. The number of nitrogens with one attached hydrogen (secondary N) is 2. The number of carbonyl (C=O) groups is 2. The van der Waals surface area contributed by atoms with E-state index in [1.165, 1.54) is 18.2 Å². The van der Waals surface area contributed by atoms with E-state index in [1.807, 2.05) is 13.8 Å². The minimum atomic E-state index is -0.889. The van der Waals surface area contributed by atoms with E-state index in [4.69, 9.17) is 4.74 Å². The topological polar surface area (TPSA) is 67.4 Å². The van der Waals surface area contributed by atoms with Crippen LogP contribution in [0.15, 0.2) is 24.3 Å². The zero-order valence-corrected chi connectivity index (χ0v) is 11.6. The summed E-state index contributed by atoms with van der Waals surface area (Å²) in [5.74, 6) is -2.27. The van der Waals surface area contributed by atoms with Crippen LogP contribution in [0.4, 0.5) is 10.1 Å². The van der Waals surface area contributed by atoms with Crippen molar-refractivity contribution in [1.82, 2.24) is 5.32 Å². The molecule has 5 nitrogen and oxygen atoms in total. The second-order valence-electron chi connectivity index (χ2n) is 4.46. The summed E-state index contributed by atoms with van der Waals surface area (Å²) in [6.07, 6.45) is 0.742. The van der Waals surface area contributed by atoms with Crippen LogP contribution < -0.4 is 10.6 Å². The van der Waals surface area contributed by atoms with E-state index >= 15 is 0 Å². The number of amides is 2. The largest absolute Gasteiger partial charge is 0.379 e. The third kappa shape index (κ3) is 5.79. The Balaban J connectivity index is 2.30. The summed E-state index contributed by atoms with van der Waals surface area (Å²) in [5, 5.41) is 4.65.